The molecule has 0 amide bonds. The monoisotopic (exact) mass is 200 g/mol. The zero-order chi connectivity index (χ0) is 9.84. The van der Waals surface area contributed by atoms with Crippen molar-refractivity contribution in [2.75, 3.05) is 0 Å². The highest BCUT2D eigenvalue weighted by Gasteiger charge is 2.07. The molecule has 0 atom stereocenters. The molecule has 0 unspecified atom stereocenters. The molecular weight excluding hydrogens is 184 g/mol. The number of aryl methyl sites for hydroxylation is 2. The maximum Gasteiger partial charge on any atom is 0.131 e. The molecule has 0 fully saturated rings. The fourth-order valence-electron chi connectivity index (χ4n) is 1.47. The van der Waals surface area contributed by atoms with Crippen molar-refractivity contribution < 1.29 is 0 Å². The average molecular weight is 201 g/mol. The van der Waals surface area contributed by atoms with E-state index in [1.165, 1.54) is 19.3 Å². The molecule has 74 valence electrons. The molecule has 0 spiro atoms. The van der Waals surface area contributed by atoms with E-state index >= 15 is 0 Å². The van der Waals surface area contributed by atoms with Gasteiger partial charge in [-0.15, -0.1) is 0 Å². The molecule has 0 aromatic carbocycles. The lowest BCUT2D eigenvalue weighted by Gasteiger charge is -2.05. The second-order valence-corrected chi connectivity index (χ2v) is 3.75. The second-order valence-electron chi connectivity index (χ2n) is 3.39. The summed E-state index contributed by atoms with van der Waals surface area (Å²) in [6.07, 6.45) is 3.68. The summed E-state index contributed by atoms with van der Waals surface area (Å²) >= 11 is 6.09. The lowest BCUT2D eigenvalue weighted by molar-refractivity contribution is 0.591. The number of hydrogen-bond donors (Lipinski definition) is 0. The Morgan fingerprint density at radius 1 is 1.31 bits per heavy atom. The van der Waals surface area contributed by atoms with Crippen molar-refractivity contribution in [3.05, 3.63) is 16.7 Å². The first-order valence-electron chi connectivity index (χ1n) is 4.86. The Bertz CT molecular complexity index is 279. The molecule has 0 aliphatic carbocycles. The Hall–Kier alpha value is -0.500. The van der Waals surface area contributed by atoms with Crippen LogP contribution in [0.4, 0.5) is 0 Å². The minimum Gasteiger partial charge on any atom is -0.319 e. The Balaban J connectivity index is 2.64. The maximum atomic E-state index is 6.09. The molecule has 0 bridgehead atoms. The molecule has 0 radical (unpaired) electrons. The average Bonchev–Trinajstić information content (AvgIpc) is 2.32. The van der Waals surface area contributed by atoms with Gasteiger partial charge in [-0.25, -0.2) is 4.98 Å². The largest absolute Gasteiger partial charge is 0.319 e. The van der Waals surface area contributed by atoms with E-state index in [0.717, 1.165) is 23.2 Å². The lowest BCUT2D eigenvalue weighted by atomic mass is 10.2. The number of rotatable bonds is 4. The van der Waals surface area contributed by atoms with Crippen LogP contribution in [0.2, 0.25) is 5.15 Å². The van der Waals surface area contributed by atoms with E-state index < -0.39 is 0 Å². The first kappa shape index (κ1) is 10.6. The molecule has 0 N–H and O–H groups in total. The van der Waals surface area contributed by atoms with Gasteiger partial charge in [0.25, 0.3) is 0 Å². The Labute approximate surface area is 84.9 Å². The summed E-state index contributed by atoms with van der Waals surface area (Å²) in [6.45, 7) is 7.16. The van der Waals surface area contributed by atoms with Gasteiger partial charge in [-0.05, 0) is 20.3 Å². The van der Waals surface area contributed by atoms with E-state index in [1.54, 1.807) is 0 Å². The highest BCUT2D eigenvalue weighted by atomic mass is 35.5. The van der Waals surface area contributed by atoms with Crippen LogP contribution < -0.4 is 0 Å². The molecule has 1 heterocycles. The minimum absolute atomic E-state index is 0.800. The van der Waals surface area contributed by atoms with E-state index in [9.17, 15) is 0 Å². The second kappa shape index (κ2) is 4.66. The highest BCUT2D eigenvalue weighted by molar-refractivity contribution is 6.30. The molecular formula is C10H17ClN2. The first-order valence-corrected chi connectivity index (χ1v) is 5.23. The fourth-order valence-corrected chi connectivity index (χ4v) is 1.72. The predicted molar refractivity (Wildman–Crippen MR) is 56.2 cm³/mol. The third-order valence-electron chi connectivity index (χ3n) is 2.24. The Kier molecular flexibility index (Phi) is 3.79. The van der Waals surface area contributed by atoms with Crippen molar-refractivity contribution in [3.63, 3.8) is 0 Å². The smallest absolute Gasteiger partial charge is 0.131 e. The number of imidazole rings is 1. The molecule has 0 aliphatic heterocycles. The van der Waals surface area contributed by atoms with Gasteiger partial charge in [-0.2, -0.15) is 0 Å². The van der Waals surface area contributed by atoms with Crippen molar-refractivity contribution in [2.45, 2.75) is 46.6 Å². The van der Waals surface area contributed by atoms with Crippen LogP contribution in [0.15, 0.2) is 0 Å². The number of halogens is 1. The molecule has 1 aromatic rings. The van der Waals surface area contributed by atoms with E-state index in [-0.39, 0.29) is 0 Å². The van der Waals surface area contributed by atoms with Crippen LogP contribution in [0.3, 0.4) is 0 Å². The van der Waals surface area contributed by atoms with Crippen LogP contribution in [0.1, 0.15) is 37.7 Å². The molecule has 13 heavy (non-hydrogen) atoms. The minimum atomic E-state index is 0.800. The van der Waals surface area contributed by atoms with Gasteiger partial charge in [-0.1, -0.05) is 31.4 Å². The van der Waals surface area contributed by atoms with Gasteiger partial charge in [0.2, 0.25) is 0 Å². The summed E-state index contributed by atoms with van der Waals surface area (Å²) in [5, 5.41) is 0.800. The summed E-state index contributed by atoms with van der Waals surface area (Å²) in [4.78, 5) is 4.32. The van der Waals surface area contributed by atoms with Gasteiger partial charge in [0.15, 0.2) is 0 Å². The summed E-state index contributed by atoms with van der Waals surface area (Å²) in [5.41, 5.74) is 0.940. The first-order chi connectivity index (χ1) is 6.16. The normalized spacial score (nSPS) is 10.8. The summed E-state index contributed by atoms with van der Waals surface area (Å²) in [7, 11) is 0. The number of unbranched alkanes of at least 4 members (excludes halogenated alkanes) is 2. The van der Waals surface area contributed by atoms with E-state index in [4.69, 9.17) is 11.6 Å². The standard InChI is InChI=1S/C10H17ClN2/c1-4-5-6-7-13-9(3)12-8(2)10(13)11/h4-7H2,1-3H3. The van der Waals surface area contributed by atoms with Gasteiger partial charge in [0.05, 0.1) is 5.69 Å². The van der Waals surface area contributed by atoms with Crippen molar-refractivity contribution in [3.8, 4) is 0 Å². The Morgan fingerprint density at radius 3 is 2.46 bits per heavy atom. The van der Waals surface area contributed by atoms with Gasteiger partial charge in [0, 0.05) is 6.54 Å². The molecule has 0 aliphatic rings. The van der Waals surface area contributed by atoms with Gasteiger partial charge < -0.3 is 4.57 Å². The topological polar surface area (TPSA) is 17.8 Å². The molecule has 2 nitrogen and oxygen atoms in total. The SMILES string of the molecule is CCCCCn1c(C)nc(C)c1Cl. The Morgan fingerprint density at radius 2 is 2.00 bits per heavy atom. The van der Waals surface area contributed by atoms with Gasteiger partial charge >= 0.3 is 0 Å². The molecule has 1 rings (SSSR count). The van der Waals surface area contributed by atoms with Crippen molar-refractivity contribution in [2.24, 2.45) is 0 Å². The fraction of sp³-hybridized carbons (Fsp3) is 0.700. The summed E-state index contributed by atoms with van der Waals surface area (Å²) in [6, 6.07) is 0. The zero-order valence-corrected chi connectivity index (χ0v) is 9.36. The molecule has 1 aromatic heterocycles. The van der Waals surface area contributed by atoms with Gasteiger partial charge in [-0.3, -0.25) is 0 Å². The van der Waals surface area contributed by atoms with Crippen LogP contribution in [0, 0.1) is 13.8 Å². The van der Waals surface area contributed by atoms with Crippen LogP contribution in [0.5, 0.6) is 0 Å². The number of aromatic nitrogens is 2. The quantitative estimate of drug-likeness (QED) is 0.682. The predicted octanol–water partition coefficient (Wildman–Crippen LogP) is 3.34. The van der Waals surface area contributed by atoms with Crippen molar-refractivity contribution in [1.82, 2.24) is 9.55 Å². The van der Waals surface area contributed by atoms with E-state index in [2.05, 4.69) is 16.5 Å². The van der Waals surface area contributed by atoms with Crippen LogP contribution >= 0.6 is 11.6 Å². The van der Waals surface area contributed by atoms with Crippen LogP contribution in [0.25, 0.3) is 0 Å². The summed E-state index contributed by atoms with van der Waals surface area (Å²) in [5.74, 6) is 1.03. The van der Waals surface area contributed by atoms with Crippen LogP contribution in [-0.2, 0) is 6.54 Å². The van der Waals surface area contributed by atoms with Crippen molar-refractivity contribution >= 4 is 11.6 Å². The van der Waals surface area contributed by atoms with Gasteiger partial charge in [0.1, 0.15) is 11.0 Å². The molecule has 0 saturated heterocycles. The summed E-state index contributed by atoms with van der Waals surface area (Å²) < 4.78 is 2.09. The van der Waals surface area contributed by atoms with E-state index in [1.807, 2.05) is 13.8 Å². The lowest BCUT2D eigenvalue weighted by Crippen LogP contribution is -2.00. The van der Waals surface area contributed by atoms with E-state index in [0.29, 0.717) is 0 Å². The van der Waals surface area contributed by atoms with Crippen LogP contribution in [-0.4, -0.2) is 9.55 Å². The molecule has 0 saturated carbocycles. The maximum absolute atomic E-state index is 6.09. The number of nitrogens with zero attached hydrogens (tertiary/aromatic N) is 2. The van der Waals surface area contributed by atoms with Crippen molar-refractivity contribution in [1.29, 1.82) is 0 Å². The highest BCUT2D eigenvalue weighted by Crippen LogP contribution is 2.17. The number of hydrogen-bond acceptors (Lipinski definition) is 1. The molecule has 3 heteroatoms. The zero-order valence-electron chi connectivity index (χ0n) is 8.60. The third-order valence-corrected chi connectivity index (χ3v) is 2.72. The third kappa shape index (κ3) is 2.47.